The number of hydrogen-bond donors (Lipinski definition) is 1. The van der Waals surface area contributed by atoms with E-state index in [2.05, 4.69) is 27.8 Å². The summed E-state index contributed by atoms with van der Waals surface area (Å²) in [5, 5.41) is 3.51. The Bertz CT molecular complexity index is 489. The highest BCUT2D eigenvalue weighted by Gasteiger charge is 2.31. The van der Waals surface area contributed by atoms with E-state index in [0.29, 0.717) is 0 Å². The Balaban J connectivity index is 1.65. The van der Waals surface area contributed by atoms with Crippen molar-refractivity contribution in [3.05, 3.63) is 36.3 Å². The molecule has 1 saturated carbocycles. The standard InChI is InChI=1S/C13H17N3/c1-10-6-11(10)7-14-8-12-9-15-13-4-2-3-5-16(12)13/h2-5,9-11,14H,6-8H2,1H3. The minimum absolute atomic E-state index is 0.902. The Morgan fingerprint density at radius 3 is 3.19 bits per heavy atom. The third-order valence-electron chi connectivity index (χ3n) is 3.48. The van der Waals surface area contributed by atoms with E-state index in [-0.39, 0.29) is 0 Å². The first-order chi connectivity index (χ1) is 7.84. The van der Waals surface area contributed by atoms with Gasteiger partial charge in [-0.25, -0.2) is 4.98 Å². The fourth-order valence-electron chi connectivity index (χ4n) is 2.18. The zero-order chi connectivity index (χ0) is 11.0. The highest BCUT2D eigenvalue weighted by Crippen LogP contribution is 2.36. The Morgan fingerprint density at radius 1 is 1.50 bits per heavy atom. The molecule has 3 heteroatoms. The number of nitrogens with zero attached hydrogens (tertiary/aromatic N) is 2. The molecule has 0 radical (unpaired) electrons. The molecule has 2 aromatic rings. The second kappa shape index (κ2) is 3.91. The second-order valence-corrected chi connectivity index (χ2v) is 4.78. The Morgan fingerprint density at radius 2 is 2.38 bits per heavy atom. The predicted molar refractivity (Wildman–Crippen MR) is 64.2 cm³/mol. The SMILES string of the molecule is CC1CC1CNCc1cnc2ccccn12. The molecule has 0 aromatic carbocycles. The van der Waals surface area contributed by atoms with Crippen LogP contribution < -0.4 is 5.32 Å². The maximum Gasteiger partial charge on any atom is 0.136 e. The predicted octanol–water partition coefficient (Wildman–Crippen LogP) is 2.08. The van der Waals surface area contributed by atoms with Crippen molar-refractivity contribution in [2.24, 2.45) is 11.8 Å². The molecule has 1 fully saturated rings. The Hall–Kier alpha value is -1.35. The number of pyridine rings is 1. The second-order valence-electron chi connectivity index (χ2n) is 4.78. The van der Waals surface area contributed by atoms with Gasteiger partial charge in [0.05, 0.1) is 11.9 Å². The summed E-state index contributed by atoms with van der Waals surface area (Å²) in [6.07, 6.45) is 5.41. The summed E-state index contributed by atoms with van der Waals surface area (Å²) in [5.74, 6) is 1.83. The van der Waals surface area contributed by atoms with Crippen LogP contribution in [-0.2, 0) is 6.54 Å². The normalized spacial score (nSPS) is 23.8. The molecule has 0 spiro atoms. The van der Waals surface area contributed by atoms with Gasteiger partial charge in [0.2, 0.25) is 0 Å². The van der Waals surface area contributed by atoms with E-state index in [0.717, 1.165) is 30.6 Å². The summed E-state index contributed by atoms with van der Waals surface area (Å²) < 4.78 is 2.14. The van der Waals surface area contributed by atoms with Crippen LogP contribution >= 0.6 is 0 Å². The minimum Gasteiger partial charge on any atom is -0.311 e. The Labute approximate surface area is 95.5 Å². The summed E-state index contributed by atoms with van der Waals surface area (Å²) in [5.41, 5.74) is 2.27. The van der Waals surface area contributed by atoms with Gasteiger partial charge in [-0.2, -0.15) is 0 Å². The number of imidazole rings is 1. The Kier molecular flexibility index (Phi) is 2.40. The molecule has 0 amide bonds. The molecule has 0 aliphatic heterocycles. The van der Waals surface area contributed by atoms with Crippen LogP contribution in [0.1, 0.15) is 19.0 Å². The highest BCUT2D eigenvalue weighted by atomic mass is 15.0. The van der Waals surface area contributed by atoms with Crippen LogP contribution in [0, 0.1) is 11.8 Å². The molecule has 2 unspecified atom stereocenters. The molecule has 2 aromatic heterocycles. The topological polar surface area (TPSA) is 29.3 Å². The largest absolute Gasteiger partial charge is 0.311 e. The van der Waals surface area contributed by atoms with Gasteiger partial charge < -0.3 is 9.72 Å². The van der Waals surface area contributed by atoms with Crippen molar-refractivity contribution in [3.8, 4) is 0 Å². The van der Waals surface area contributed by atoms with Crippen molar-refractivity contribution >= 4 is 5.65 Å². The molecule has 3 rings (SSSR count). The molecule has 2 heterocycles. The summed E-state index contributed by atoms with van der Waals surface area (Å²) in [4.78, 5) is 4.37. The fraction of sp³-hybridized carbons (Fsp3) is 0.462. The molecule has 0 saturated heterocycles. The lowest BCUT2D eigenvalue weighted by Crippen LogP contribution is -2.17. The van der Waals surface area contributed by atoms with E-state index in [1.165, 1.54) is 12.1 Å². The number of hydrogen-bond acceptors (Lipinski definition) is 2. The zero-order valence-electron chi connectivity index (χ0n) is 9.56. The van der Waals surface area contributed by atoms with Gasteiger partial charge in [-0.3, -0.25) is 0 Å². The average Bonchev–Trinajstić information content (AvgIpc) is 2.86. The summed E-state index contributed by atoms with van der Waals surface area (Å²) in [6.45, 7) is 4.37. The molecular formula is C13H17N3. The molecule has 0 bridgehead atoms. The zero-order valence-corrected chi connectivity index (χ0v) is 9.56. The minimum atomic E-state index is 0.902. The first kappa shape index (κ1) is 9.85. The van der Waals surface area contributed by atoms with E-state index in [1.54, 1.807) is 0 Å². The van der Waals surface area contributed by atoms with Crippen molar-refractivity contribution in [1.82, 2.24) is 14.7 Å². The fourth-order valence-corrected chi connectivity index (χ4v) is 2.18. The van der Waals surface area contributed by atoms with Gasteiger partial charge in [0, 0.05) is 12.7 Å². The molecule has 1 N–H and O–H groups in total. The number of fused-ring (bicyclic) bond motifs is 1. The molecule has 1 aliphatic carbocycles. The molecule has 2 atom stereocenters. The summed E-state index contributed by atoms with van der Waals surface area (Å²) >= 11 is 0. The highest BCUT2D eigenvalue weighted by molar-refractivity contribution is 5.39. The quantitative estimate of drug-likeness (QED) is 0.846. The number of rotatable bonds is 4. The van der Waals surface area contributed by atoms with Crippen molar-refractivity contribution in [1.29, 1.82) is 0 Å². The van der Waals surface area contributed by atoms with Crippen LogP contribution in [-0.4, -0.2) is 15.9 Å². The number of nitrogens with one attached hydrogen (secondary N) is 1. The van der Waals surface area contributed by atoms with Crippen molar-refractivity contribution in [2.45, 2.75) is 19.9 Å². The van der Waals surface area contributed by atoms with Crippen LogP contribution in [0.3, 0.4) is 0 Å². The van der Waals surface area contributed by atoms with Crippen LogP contribution in [0.2, 0.25) is 0 Å². The smallest absolute Gasteiger partial charge is 0.136 e. The maximum absolute atomic E-state index is 4.37. The van der Waals surface area contributed by atoms with Gasteiger partial charge >= 0.3 is 0 Å². The van der Waals surface area contributed by atoms with E-state index >= 15 is 0 Å². The van der Waals surface area contributed by atoms with Gasteiger partial charge in [0.15, 0.2) is 0 Å². The van der Waals surface area contributed by atoms with Crippen LogP contribution in [0.4, 0.5) is 0 Å². The van der Waals surface area contributed by atoms with Crippen molar-refractivity contribution < 1.29 is 0 Å². The number of aromatic nitrogens is 2. The molecule has 16 heavy (non-hydrogen) atoms. The van der Waals surface area contributed by atoms with E-state index < -0.39 is 0 Å². The van der Waals surface area contributed by atoms with Crippen LogP contribution in [0.5, 0.6) is 0 Å². The van der Waals surface area contributed by atoms with E-state index in [9.17, 15) is 0 Å². The van der Waals surface area contributed by atoms with Crippen molar-refractivity contribution in [2.75, 3.05) is 6.54 Å². The van der Waals surface area contributed by atoms with Gasteiger partial charge in [-0.05, 0) is 36.9 Å². The third kappa shape index (κ3) is 1.83. The summed E-state index contributed by atoms with van der Waals surface area (Å²) in [7, 11) is 0. The van der Waals surface area contributed by atoms with Gasteiger partial charge in [-0.15, -0.1) is 0 Å². The van der Waals surface area contributed by atoms with Gasteiger partial charge in [-0.1, -0.05) is 13.0 Å². The van der Waals surface area contributed by atoms with Crippen LogP contribution in [0.15, 0.2) is 30.6 Å². The van der Waals surface area contributed by atoms with Crippen molar-refractivity contribution in [3.63, 3.8) is 0 Å². The monoisotopic (exact) mass is 215 g/mol. The van der Waals surface area contributed by atoms with E-state index in [4.69, 9.17) is 0 Å². The first-order valence-corrected chi connectivity index (χ1v) is 5.96. The van der Waals surface area contributed by atoms with E-state index in [1.807, 2.05) is 24.4 Å². The molecule has 84 valence electrons. The maximum atomic E-state index is 4.37. The van der Waals surface area contributed by atoms with Crippen LogP contribution in [0.25, 0.3) is 5.65 Å². The summed E-state index contributed by atoms with van der Waals surface area (Å²) in [6, 6.07) is 6.10. The lowest BCUT2D eigenvalue weighted by Gasteiger charge is -2.03. The average molecular weight is 215 g/mol. The third-order valence-corrected chi connectivity index (χ3v) is 3.48. The van der Waals surface area contributed by atoms with Gasteiger partial charge in [0.1, 0.15) is 5.65 Å². The molecule has 1 aliphatic rings. The molecular weight excluding hydrogens is 198 g/mol. The first-order valence-electron chi connectivity index (χ1n) is 5.96. The lowest BCUT2D eigenvalue weighted by molar-refractivity contribution is 0.603. The van der Waals surface area contributed by atoms with Gasteiger partial charge in [0.25, 0.3) is 0 Å². The lowest BCUT2D eigenvalue weighted by atomic mass is 10.3. The molecule has 3 nitrogen and oxygen atoms in total.